The molecule has 0 fully saturated rings. The molecule has 0 amide bonds. The molecule has 1 heteroatoms. The Labute approximate surface area is 64.5 Å². The smallest absolute Gasteiger partial charge is 0.0146 e. The van der Waals surface area contributed by atoms with Crippen LogP contribution in [0.15, 0.2) is 11.3 Å². The molecule has 1 heterocycles. The first-order valence-electron chi connectivity index (χ1n) is 4.21. The van der Waals surface area contributed by atoms with Gasteiger partial charge in [0.15, 0.2) is 0 Å². The maximum Gasteiger partial charge on any atom is 0.0146 e. The molecule has 0 saturated carbocycles. The van der Waals surface area contributed by atoms with Crippen LogP contribution in [-0.4, -0.2) is 6.54 Å². The van der Waals surface area contributed by atoms with Gasteiger partial charge in [0.2, 0.25) is 0 Å². The van der Waals surface area contributed by atoms with E-state index in [-0.39, 0.29) is 0 Å². The van der Waals surface area contributed by atoms with Crippen LogP contribution >= 0.6 is 0 Å². The largest absolute Gasteiger partial charge is 0.389 e. The summed E-state index contributed by atoms with van der Waals surface area (Å²) in [6.45, 7) is 9.51. The fourth-order valence-electron chi connectivity index (χ4n) is 0.968. The van der Waals surface area contributed by atoms with Gasteiger partial charge in [0.25, 0.3) is 0 Å². The van der Waals surface area contributed by atoms with E-state index in [1.165, 1.54) is 30.7 Å². The topological polar surface area (TPSA) is 12.0 Å². The van der Waals surface area contributed by atoms with Crippen molar-refractivity contribution in [1.82, 2.24) is 5.32 Å². The Kier molecular flexibility index (Phi) is 5.09. The van der Waals surface area contributed by atoms with Crippen molar-refractivity contribution in [1.29, 1.82) is 0 Å². The SMILES string of the molecule is CC.CC1=C(C)NCCC1. The Hall–Kier alpha value is -0.460. The van der Waals surface area contributed by atoms with Gasteiger partial charge in [-0.05, 0) is 26.7 Å². The summed E-state index contributed by atoms with van der Waals surface area (Å²) >= 11 is 0. The van der Waals surface area contributed by atoms with E-state index in [4.69, 9.17) is 0 Å². The Morgan fingerprint density at radius 3 is 2.10 bits per heavy atom. The fourth-order valence-corrected chi connectivity index (χ4v) is 0.968. The van der Waals surface area contributed by atoms with Crippen LogP contribution in [-0.2, 0) is 0 Å². The summed E-state index contributed by atoms with van der Waals surface area (Å²) in [4.78, 5) is 0. The minimum Gasteiger partial charge on any atom is -0.389 e. The third-order valence-corrected chi connectivity index (χ3v) is 1.76. The summed E-state index contributed by atoms with van der Waals surface area (Å²) in [7, 11) is 0. The third-order valence-electron chi connectivity index (χ3n) is 1.76. The van der Waals surface area contributed by atoms with E-state index < -0.39 is 0 Å². The first kappa shape index (κ1) is 9.54. The van der Waals surface area contributed by atoms with Gasteiger partial charge in [0.1, 0.15) is 0 Å². The van der Waals surface area contributed by atoms with Crippen LogP contribution in [0.2, 0.25) is 0 Å². The molecule has 60 valence electrons. The molecule has 0 aromatic rings. The average Bonchev–Trinajstić information content (AvgIpc) is 2.00. The van der Waals surface area contributed by atoms with Gasteiger partial charge >= 0.3 is 0 Å². The molecule has 0 aromatic heterocycles. The van der Waals surface area contributed by atoms with E-state index in [2.05, 4.69) is 19.2 Å². The fraction of sp³-hybridized carbons (Fsp3) is 0.778. The van der Waals surface area contributed by atoms with Crippen LogP contribution in [0, 0.1) is 0 Å². The normalized spacial score (nSPS) is 17.2. The van der Waals surface area contributed by atoms with Gasteiger partial charge in [-0.2, -0.15) is 0 Å². The van der Waals surface area contributed by atoms with Crippen molar-refractivity contribution >= 4 is 0 Å². The molecule has 0 aromatic carbocycles. The minimum absolute atomic E-state index is 1.17. The van der Waals surface area contributed by atoms with E-state index in [0.29, 0.717) is 0 Å². The average molecular weight is 141 g/mol. The number of allylic oxidation sites excluding steroid dienone is 2. The predicted molar refractivity (Wildman–Crippen MR) is 47.0 cm³/mol. The summed E-state index contributed by atoms with van der Waals surface area (Å²) in [5, 5.41) is 3.31. The molecule has 0 saturated heterocycles. The first-order chi connectivity index (χ1) is 4.80. The molecule has 1 aliphatic heterocycles. The van der Waals surface area contributed by atoms with Crippen molar-refractivity contribution in [3.8, 4) is 0 Å². The molecule has 1 aliphatic rings. The molecule has 0 atom stereocenters. The lowest BCUT2D eigenvalue weighted by Crippen LogP contribution is -2.18. The molecule has 0 radical (unpaired) electrons. The van der Waals surface area contributed by atoms with Crippen molar-refractivity contribution in [2.45, 2.75) is 40.5 Å². The molecule has 0 unspecified atom stereocenters. The van der Waals surface area contributed by atoms with E-state index >= 15 is 0 Å². The van der Waals surface area contributed by atoms with E-state index in [0.717, 1.165) is 0 Å². The second-order valence-corrected chi connectivity index (χ2v) is 2.44. The van der Waals surface area contributed by atoms with Crippen LogP contribution < -0.4 is 5.32 Å². The summed E-state index contributed by atoms with van der Waals surface area (Å²) in [6.07, 6.45) is 2.60. The van der Waals surface area contributed by atoms with Gasteiger partial charge in [0, 0.05) is 12.2 Å². The van der Waals surface area contributed by atoms with E-state index in [1.54, 1.807) is 0 Å². The highest BCUT2D eigenvalue weighted by Gasteiger charge is 2.01. The second kappa shape index (κ2) is 5.33. The van der Waals surface area contributed by atoms with Crippen molar-refractivity contribution in [2.24, 2.45) is 0 Å². The second-order valence-electron chi connectivity index (χ2n) is 2.44. The summed E-state index contributed by atoms with van der Waals surface area (Å²) in [5.41, 5.74) is 2.91. The van der Waals surface area contributed by atoms with E-state index in [9.17, 15) is 0 Å². The molecule has 10 heavy (non-hydrogen) atoms. The highest BCUT2D eigenvalue weighted by molar-refractivity contribution is 5.10. The standard InChI is InChI=1S/C7H13N.C2H6/c1-6-4-3-5-8-7(6)2;1-2/h8H,3-5H2,1-2H3;1-2H3. The van der Waals surface area contributed by atoms with Crippen molar-refractivity contribution in [3.63, 3.8) is 0 Å². The number of hydrogen-bond donors (Lipinski definition) is 1. The molecule has 1 N–H and O–H groups in total. The van der Waals surface area contributed by atoms with Crippen LogP contribution in [0.25, 0.3) is 0 Å². The van der Waals surface area contributed by atoms with Gasteiger partial charge in [-0.25, -0.2) is 0 Å². The highest BCUT2D eigenvalue weighted by atomic mass is 14.9. The number of nitrogens with one attached hydrogen (secondary N) is 1. The molecule has 0 spiro atoms. The zero-order valence-corrected chi connectivity index (χ0v) is 7.62. The monoisotopic (exact) mass is 141 g/mol. The lowest BCUT2D eigenvalue weighted by molar-refractivity contribution is 0.661. The summed E-state index contributed by atoms with van der Waals surface area (Å²) < 4.78 is 0. The van der Waals surface area contributed by atoms with E-state index in [1.807, 2.05) is 13.8 Å². The van der Waals surface area contributed by atoms with Gasteiger partial charge < -0.3 is 5.32 Å². The Morgan fingerprint density at radius 2 is 1.80 bits per heavy atom. The highest BCUT2D eigenvalue weighted by Crippen LogP contribution is 2.11. The molecular formula is C9H19N. The zero-order chi connectivity index (χ0) is 7.98. The number of rotatable bonds is 0. The minimum atomic E-state index is 1.17. The lowest BCUT2D eigenvalue weighted by atomic mass is 10.1. The van der Waals surface area contributed by atoms with Crippen LogP contribution in [0.1, 0.15) is 40.5 Å². The Morgan fingerprint density at radius 1 is 1.20 bits per heavy atom. The van der Waals surface area contributed by atoms with Crippen molar-refractivity contribution in [3.05, 3.63) is 11.3 Å². The Bertz CT molecular complexity index is 99.9. The van der Waals surface area contributed by atoms with Crippen molar-refractivity contribution < 1.29 is 0 Å². The number of hydrogen-bond acceptors (Lipinski definition) is 1. The molecular weight excluding hydrogens is 122 g/mol. The molecule has 1 nitrogen and oxygen atoms in total. The maximum absolute atomic E-state index is 3.31. The van der Waals surface area contributed by atoms with Gasteiger partial charge in [-0.1, -0.05) is 19.4 Å². The van der Waals surface area contributed by atoms with Crippen molar-refractivity contribution in [2.75, 3.05) is 6.54 Å². The summed E-state index contributed by atoms with van der Waals surface area (Å²) in [5.74, 6) is 0. The Balaban J connectivity index is 0.000000371. The lowest BCUT2D eigenvalue weighted by Gasteiger charge is -2.15. The first-order valence-corrected chi connectivity index (χ1v) is 4.21. The quantitative estimate of drug-likeness (QED) is 0.547. The van der Waals surface area contributed by atoms with Gasteiger partial charge in [-0.3, -0.25) is 0 Å². The van der Waals surface area contributed by atoms with Crippen LogP contribution in [0.3, 0.4) is 0 Å². The van der Waals surface area contributed by atoms with Gasteiger partial charge in [-0.15, -0.1) is 0 Å². The predicted octanol–water partition coefficient (Wildman–Crippen LogP) is 2.69. The summed E-state index contributed by atoms with van der Waals surface area (Å²) in [6, 6.07) is 0. The molecule has 0 bridgehead atoms. The third kappa shape index (κ3) is 2.90. The zero-order valence-electron chi connectivity index (χ0n) is 7.62. The van der Waals surface area contributed by atoms with Gasteiger partial charge in [0.05, 0.1) is 0 Å². The maximum atomic E-state index is 3.31. The van der Waals surface area contributed by atoms with Crippen LogP contribution in [0.4, 0.5) is 0 Å². The van der Waals surface area contributed by atoms with Crippen LogP contribution in [0.5, 0.6) is 0 Å². The molecule has 0 aliphatic carbocycles. The molecule has 1 rings (SSSR count).